The second-order valence-corrected chi connectivity index (χ2v) is 10.8. The lowest BCUT2D eigenvalue weighted by atomic mass is 9.89. The summed E-state index contributed by atoms with van der Waals surface area (Å²) >= 11 is 6.04. The van der Waals surface area contributed by atoms with Gasteiger partial charge in [0.25, 0.3) is 0 Å². The van der Waals surface area contributed by atoms with Crippen LogP contribution < -0.4 is 11.1 Å². The van der Waals surface area contributed by atoms with Crippen LogP contribution in [0.2, 0.25) is 5.02 Å². The van der Waals surface area contributed by atoms with E-state index in [1.54, 1.807) is 0 Å². The molecule has 1 aliphatic heterocycles. The van der Waals surface area contributed by atoms with Crippen molar-refractivity contribution in [3.05, 3.63) is 82.9 Å². The lowest BCUT2D eigenvalue weighted by molar-refractivity contribution is -0.140. The highest BCUT2D eigenvalue weighted by Crippen LogP contribution is 2.29. The number of primary amides is 1. The molecule has 1 heterocycles. The Labute approximate surface area is 231 Å². The molecule has 0 spiro atoms. The van der Waals surface area contributed by atoms with E-state index in [2.05, 4.69) is 54.4 Å². The monoisotopic (exact) mass is 534 g/mol. The Balaban J connectivity index is 1.51. The highest BCUT2D eigenvalue weighted by molar-refractivity contribution is 6.30. The summed E-state index contributed by atoms with van der Waals surface area (Å²) in [6, 6.07) is 21.5. The molecule has 4 unspecified atom stereocenters. The summed E-state index contributed by atoms with van der Waals surface area (Å²) in [7, 11) is 1.83. The normalized spacial score (nSPS) is 18.7. The van der Waals surface area contributed by atoms with Crippen LogP contribution in [0.15, 0.2) is 66.7 Å². The SMILES string of the molecule is CCCC1CN(C(C(N)=O)C(C)c2ccc3ccccc3c2)CCN1C(=O)C(Cc1ccc(Cl)cc1)NC. The zero-order valence-corrected chi connectivity index (χ0v) is 23.3. The number of halogens is 1. The largest absolute Gasteiger partial charge is 0.368 e. The van der Waals surface area contributed by atoms with E-state index in [4.69, 9.17) is 17.3 Å². The van der Waals surface area contributed by atoms with Crippen LogP contribution in [0.25, 0.3) is 10.8 Å². The van der Waals surface area contributed by atoms with Gasteiger partial charge in [-0.05, 0) is 53.9 Å². The molecule has 3 aromatic rings. The van der Waals surface area contributed by atoms with Gasteiger partial charge in [0, 0.05) is 36.6 Å². The molecule has 1 fully saturated rings. The van der Waals surface area contributed by atoms with E-state index in [-0.39, 0.29) is 29.8 Å². The number of nitrogens with zero attached hydrogens (tertiary/aromatic N) is 2. The van der Waals surface area contributed by atoms with Crippen molar-refractivity contribution in [1.82, 2.24) is 15.1 Å². The number of hydrogen-bond acceptors (Lipinski definition) is 4. The number of amides is 2. The van der Waals surface area contributed by atoms with Crippen LogP contribution in [0.4, 0.5) is 0 Å². The summed E-state index contributed by atoms with van der Waals surface area (Å²) in [5.41, 5.74) is 8.17. The van der Waals surface area contributed by atoms with Crippen molar-refractivity contribution in [3.8, 4) is 0 Å². The maximum atomic E-state index is 13.7. The Morgan fingerprint density at radius 3 is 2.42 bits per heavy atom. The zero-order chi connectivity index (χ0) is 27.2. The van der Waals surface area contributed by atoms with Gasteiger partial charge in [-0.3, -0.25) is 14.5 Å². The molecule has 3 aromatic carbocycles. The second-order valence-electron chi connectivity index (χ2n) is 10.4. The standard InChI is InChI=1S/C31H39ClN4O2/c1-4-7-27-20-35(16-17-36(27)31(38)28(34-3)18-22-10-14-26(32)15-11-22)29(30(33)37)21(2)24-13-12-23-8-5-6-9-25(23)19-24/h5-6,8-15,19,21,27-29,34H,4,7,16-18,20H2,1-3H3,(H2,33,37). The molecule has 0 aliphatic carbocycles. The predicted octanol–water partition coefficient (Wildman–Crippen LogP) is 4.59. The van der Waals surface area contributed by atoms with E-state index >= 15 is 0 Å². The molecule has 1 saturated heterocycles. The van der Waals surface area contributed by atoms with Crippen LogP contribution in [0.3, 0.4) is 0 Å². The number of piperazine rings is 1. The van der Waals surface area contributed by atoms with Gasteiger partial charge >= 0.3 is 0 Å². The smallest absolute Gasteiger partial charge is 0.240 e. The quantitative estimate of drug-likeness (QED) is 0.398. The van der Waals surface area contributed by atoms with Crippen LogP contribution in [0.5, 0.6) is 0 Å². The van der Waals surface area contributed by atoms with Gasteiger partial charge in [-0.15, -0.1) is 0 Å². The summed E-state index contributed by atoms with van der Waals surface area (Å²) in [5.74, 6) is -0.299. The van der Waals surface area contributed by atoms with Crippen LogP contribution in [-0.4, -0.2) is 66.4 Å². The minimum absolute atomic E-state index is 0.0213. The van der Waals surface area contributed by atoms with Gasteiger partial charge < -0.3 is 16.0 Å². The molecule has 202 valence electrons. The molecule has 0 radical (unpaired) electrons. The van der Waals surface area contributed by atoms with Gasteiger partial charge in [0.15, 0.2) is 0 Å². The molecule has 4 atom stereocenters. The van der Waals surface area contributed by atoms with Gasteiger partial charge in [0.2, 0.25) is 11.8 Å². The van der Waals surface area contributed by atoms with Crippen molar-refractivity contribution < 1.29 is 9.59 Å². The highest BCUT2D eigenvalue weighted by Gasteiger charge is 2.39. The minimum atomic E-state index is -0.443. The first-order valence-electron chi connectivity index (χ1n) is 13.6. The van der Waals surface area contributed by atoms with E-state index in [0.717, 1.165) is 29.4 Å². The molecule has 0 saturated carbocycles. The molecule has 1 aliphatic rings. The Bertz CT molecular complexity index is 1250. The first-order valence-corrected chi connectivity index (χ1v) is 13.9. The average molecular weight is 535 g/mol. The maximum absolute atomic E-state index is 13.7. The van der Waals surface area contributed by atoms with Gasteiger partial charge in [-0.1, -0.05) is 86.5 Å². The number of carbonyl (C=O) groups excluding carboxylic acids is 2. The summed E-state index contributed by atoms with van der Waals surface area (Å²) in [5, 5.41) is 6.23. The number of hydrogen-bond donors (Lipinski definition) is 2. The number of nitrogens with one attached hydrogen (secondary N) is 1. The van der Waals surface area contributed by atoms with Crippen molar-refractivity contribution in [2.45, 2.75) is 57.2 Å². The lowest BCUT2D eigenvalue weighted by Gasteiger charge is -2.46. The van der Waals surface area contributed by atoms with Crippen molar-refractivity contribution in [3.63, 3.8) is 0 Å². The first kappa shape index (κ1) is 28.1. The molecule has 0 bridgehead atoms. The van der Waals surface area contributed by atoms with Crippen LogP contribution >= 0.6 is 11.6 Å². The van der Waals surface area contributed by atoms with Crippen molar-refractivity contribution >= 4 is 34.2 Å². The zero-order valence-electron chi connectivity index (χ0n) is 22.6. The molecular weight excluding hydrogens is 496 g/mol. The third kappa shape index (κ3) is 6.37. The van der Waals surface area contributed by atoms with Crippen LogP contribution in [0.1, 0.15) is 43.7 Å². The van der Waals surface area contributed by atoms with Gasteiger partial charge in [-0.2, -0.15) is 0 Å². The summed E-state index contributed by atoms with van der Waals surface area (Å²) in [6.07, 6.45) is 2.41. The van der Waals surface area contributed by atoms with Crippen molar-refractivity contribution in [2.24, 2.45) is 5.73 Å². The minimum Gasteiger partial charge on any atom is -0.368 e. The molecule has 4 rings (SSSR count). The van der Waals surface area contributed by atoms with E-state index in [1.165, 1.54) is 5.39 Å². The fraction of sp³-hybridized carbons (Fsp3) is 0.419. The predicted molar refractivity (Wildman–Crippen MR) is 155 cm³/mol. The molecule has 38 heavy (non-hydrogen) atoms. The van der Waals surface area contributed by atoms with E-state index in [0.29, 0.717) is 31.1 Å². The van der Waals surface area contributed by atoms with Gasteiger partial charge in [0.1, 0.15) is 0 Å². The van der Waals surface area contributed by atoms with Crippen molar-refractivity contribution in [2.75, 3.05) is 26.7 Å². The summed E-state index contributed by atoms with van der Waals surface area (Å²) in [4.78, 5) is 30.7. The van der Waals surface area contributed by atoms with E-state index < -0.39 is 6.04 Å². The number of fused-ring (bicyclic) bond motifs is 1. The Morgan fingerprint density at radius 2 is 1.76 bits per heavy atom. The number of benzene rings is 3. The van der Waals surface area contributed by atoms with Crippen LogP contribution in [0, 0.1) is 0 Å². The van der Waals surface area contributed by atoms with E-state index in [9.17, 15) is 9.59 Å². The Kier molecular flexibility index (Phi) is 9.42. The summed E-state index contributed by atoms with van der Waals surface area (Å²) < 4.78 is 0. The van der Waals surface area contributed by atoms with Gasteiger partial charge in [0.05, 0.1) is 12.1 Å². The average Bonchev–Trinajstić information content (AvgIpc) is 2.92. The number of rotatable bonds is 10. The molecular formula is C31H39ClN4O2. The number of nitrogens with two attached hydrogens (primary N) is 1. The lowest BCUT2D eigenvalue weighted by Crippen LogP contribution is -2.62. The molecule has 3 N–H and O–H groups in total. The van der Waals surface area contributed by atoms with Crippen molar-refractivity contribution in [1.29, 1.82) is 0 Å². The molecule has 6 nitrogen and oxygen atoms in total. The number of carbonyl (C=O) groups is 2. The number of likely N-dealkylation sites (N-methyl/N-ethyl adjacent to an activating group) is 1. The van der Waals surface area contributed by atoms with E-state index in [1.807, 2.05) is 48.3 Å². The molecule has 2 amide bonds. The third-order valence-electron chi connectivity index (χ3n) is 7.88. The van der Waals surface area contributed by atoms with Crippen LogP contribution in [-0.2, 0) is 16.0 Å². The highest BCUT2D eigenvalue weighted by atomic mass is 35.5. The first-order chi connectivity index (χ1) is 18.3. The Hall–Kier alpha value is -2.93. The molecule has 0 aromatic heterocycles. The van der Waals surface area contributed by atoms with Gasteiger partial charge in [-0.25, -0.2) is 0 Å². The Morgan fingerprint density at radius 1 is 1.05 bits per heavy atom. The fourth-order valence-corrected chi connectivity index (χ4v) is 5.91. The molecule has 7 heteroatoms. The summed E-state index contributed by atoms with van der Waals surface area (Å²) in [6.45, 7) is 6.01. The maximum Gasteiger partial charge on any atom is 0.240 e. The topological polar surface area (TPSA) is 78.7 Å². The third-order valence-corrected chi connectivity index (χ3v) is 8.13. The fourth-order valence-electron chi connectivity index (χ4n) is 5.79. The second kappa shape index (κ2) is 12.7.